The van der Waals surface area contributed by atoms with Gasteiger partial charge in [0.15, 0.2) is 17.5 Å². The maximum atomic E-state index is 13.6. The lowest BCUT2D eigenvalue weighted by molar-refractivity contribution is 0.509. The summed E-state index contributed by atoms with van der Waals surface area (Å²) in [7, 11) is 0. The van der Waals surface area contributed by atoms with Gasteiger partial charge < -0.3 is 4.98 Å². The third-order valence-electron chi connectivity index (χ3n) is 3.81. The number of aromatic nitrogens is 4. The van der Waals surface area contributed by atoms with Gasteiger partial charge in [-0.25, -0.2) is 18.2 Å². The Morgan fingerprint density at radius 1 is 0.917 bits per heavy atom. The van der Waals surface area contributed by atoms with Crippen LogP contribution in [0.25, 0.3) is 33.8 Å². The number of rotatable bonds is 2. The van der Waals surface area contributed by atoms with E-state index < -0.39 is 11.6 Å². The molecule has 0 amide bonds. The molecule has 2 N–H and O–H groups in total. The summed E-state index contributed by atoms with van der Waals surface area (Å²) in [5, 5.41) is 6.88. The molecule has 7 heteroatoms. The molecule has 0 aliphatic carbocycles. The summed E-state index contributed by atoms with van der Waals surface area (Å²) >= 11 is 0. The number of nitrogens with one attached hydrogen (secondary N) is 2. The monoisotopic (exact) mass is 328 g/mol. The van der Waals surface area contributed by atoms with Gasteiger partial charge in [0.1, 0.15) is 11.5 Å². The van der Waals surface area contributed by atoms with Crippen LogP contribution in [0.2, 0.25) is 0 Å². The van der Waals surface area contributed by atoms with Gasteiger partial charge in [-0.05, 0) is 42.8 Å². The molecule has 2 aromatic carbocycles. The largest absolute Gasteiger partial charge is 0.337 e. The number of aromatic amines is 2. The lowest BCUT2D eigenvalue weighted by Gasteiger charge is -1.96. The second kappa shape index (κ2) is 5.23. The zero-order valence-electron chi connectivity index (χ0n) is 12.5. The molecule has 0 radical (unpaired) electrons. The van der Waals surface area contributed by atoms with E-state index in [1.54, 1.807) is 19.1 Å². The summed E-state index contributed by atoms with van der Waals surface area (Å²) < 4.78 is 40.0. The average Bonchev–Trinajstić information content (AvgIpc) is 3.17. The number of imidazole rings is 1. The summed E-state index contributed by atoms with van der Waals surface area (Å²) in [6.45, 7) is 1.67. The Hall–Kier alpha value is -3.09. The summed E-state index contributed by atoms with van der Waals surface area (Å²) in [5.74, 6) is -1.69. The first-order chi connectivity index (χ1) is 11.5. The fourth-order valence-corrected chi connectivity index (χ4v) is 2.51. The van der Waals surface area contributed by atoms with Crippen LogP contribution in [0.1, 0.15) is 5.56 Å². The minimum absolute atomic E-state index is 0.326. The number of benzene rings is 2. The molecule has 2 aromatic heterocycles. The molecule has 0 saturated heterocycles. The van der Waals surface area contributed by atoms with Crippen molar-refractivity contribution in [2.75, 3.05) is 0 Å². The van der Waals surface area contributed by atoms with E-state index in [4.69, 9.17) is 0 Å². The van der Waals surface area contributed by atoms with Crippen LogP contribution in [0.3, 0.4) is 0 Å². The summed E-state index contributed by atoms with van der Waals surface area (Å²) in [5.41, 5.74) is 3.17. The summed E-state index contributed by atoms with van der Waals surface area (Å²) in [6.07, 6.45) is 0. The van der Waals surface area contributed by atoms with Crippen molar-refractivity contribution in [3.8, 4) is 22.8 Å². The molecule has 0 spiro atoms. The van der Waals surface area contributed by atoms with E-state index in [-0.39, 0.29) is 5.82 Å². The van der Waals surface area contributed by atoms with Gasteiger partial charge in [-0.1, -0.05) is 0 Å². The van der Waals surface area contributed by atoms with Crippen molar-refractivity contribution in [1.82, 2.24) is 20.2 Å². The number of nitrogens with zero attached hydrogens (tertiary/aromatic N) is 2. The third kappa shape index (κ3) is 2.34. The Morgan fingerprint density at radius 2 is 1.75 bits per heavy atom. The van der Waals surface area contributed by atoms with Gasteiger partial charge in [0.05, 0.1) is 16.7 Å². The minimum Gasteiger partial charge on any atom is -0.337 e. The molecular formula is C17H11F3N4. The van der Waals surface area contributed by atoms with Crippen LogP contribution in [-0.2, 0) is 0 Å². The van der Waals surface area contributed by atoms with Crippen LogP contribution in [0.15, 0.2) is 36.4 Å². The second-order valence-electron chi connectivity index (χ2n) is 5.50. The molecule has 0 atom stereocenters. The Balaban J connectivity index is 1.75. The lowest BCUT2D eigenvalue weighted by atomic mass is 10.1. The predicted octanol–water partition coefficient (Wildman–Crippen LogP) is 4.35. The van der Waals surface area contributed by atoms with Crippen molar-refractivity contribution in [1.29, 1.82) is 0 Å². The predicted molar refractivity (Wildman–Crippen MR) is 83.7 cm³/mol. The number of aryl methyl sites for hydroxylation is 1. The standard InChI is InChI=1S/C17H11F3N4/c1-8-4-14-15(6-11(8)19)22-17(21-14)16-7-13(23-24-16)9-2-3-10(18)12(20)5-9/h2-7H,1H3,(H,21,22)(H,23,24). The molecule has 24 heavy (non-hydrogen) atoms. The SMILES string of the molecule is Cc1cc2[nH]c(-c3cc(-c4ccc(F)c(F)c4)n[nH]3)nc2cc1F. The molecule has 0 unspecified atom stereocenters. The maximum absolute atomic E-state index is 13.6. The van der Waals surface area contributed by atoms with E-state index in [1.807, 2.05) is 0 Å². The first kappa shape index (κ1) is 14.5. The van der Waals surface area contributed by atoms with Gasteiger partial charge in [-0.3, -0.25) is 5.10 Å². The summed E-state index contributed by atoms with van der Waals surface area (Å²) in [4.78, 5) is 7.40. The minimum atomic E-state index is -0.938. The van der Waals surface area contributed by atoms with E-state index in [0.717, 1.165) is 12.1 Å². The van der Waals surface area contributed by atoms with E-state index in [0.29, 0.717) is 39.4 Å². The summed E-state index contributed by atoms with van der Waals surface area (Å²) in [6, 6.07) is 8.26. The van der Waals surface area contributed by atoms with Crippen LogP contribution in [-0.4, -0.2) is 20.2 Å². The normalized spacial score (nSPS) is 11.3. The Bertz CT molecular complexity index is 1030. The van der Waals surface area contributed by atoms with Crippen LogP contribution < -0.4 is 0 Å². The Labute approximate surface area is 134 Å². The van der Waals surface area contributed by atoms with Gasteiger partial charge in [0.25, 0.3) is 0 Å². The maximum Gasteiger partial charge on any atom is 0.159 e. The fourth-order valence-electron chi connectivity index (χ4n) is 2.51. The van der Waals surface area contributed by atoms with E-state index in [1.165, 1.54) is 12.1 Å². The molecular weight excluding hydrogens is 317 g/mol. The number of hydrogen-bond acceptors (Lipinski definition) is 2. The third-order valence-corrected chi connectivity index (χ3v) is 3.81. The highest BCUT2D eigenvalue weighted by Gasteiger charge is 2.12. The van der Waals surface area contributed by atoms with Crippen LogP contribution >= 0.6 is 0 Å². The molecule has 4 aromatic rings. The topological polar surface area (TPSA) is 57.4 Å². The van der Waals surface area contributed by atoms with Gasteiger partial charge >= 0.3 is 0 Å². The zero-order valence-corrected chi connectivity index (χ0v) is 12.5. The van der Waals surface area contributed by atoms with E-state index in [2.05, 4.69) is 20.2 Å². The van der Waals surface area contributed by atoms with Crippen molar-refractivity contribution >= 4 is 11.0 Å². The molecule has 4 nitrogen and oxygen atoms in total. The van der Waals surface area contributed by atoms with E-state index >= 15 is 0 Å². The smallest absolute Gasteiger partial charge is 0.159 e. The number of hydrogen-bond donors (Lipinski definition) is 2. The van der Waals surface area contributed by atoms with Crippen LogP contribution in [0.5, 0.6) is 0 Å². The highest BCUT2D eigenvalue weighted by molar-refractivity contribution is 5.80. The molecule has 0 aliphatic rings. The molecule has 0 fully saturated rings. The zero-order chi connectivity index (χ0) is 16.8. The molecule has 2 heterocycles. The first-order valence-corrected chi connectivity index (χ1v) is 7.18. The number of H-pyrrole nitrogens is 2. The molecule has 0 saturated carbocycles. The van der Waals surface area contributed by atoms with Gasteiger partial charge in [-0.15, -0.1) is 0 Å². The van der Waals surface area contributed by atoms with Crippen molar-refractivity contribution in [2.24, 2.45) is 0 Å². The second-order valence-corrected chi connectivity index (χ2v) is 5.50. The number of halogens is 3. The highest BCUT2D eigenvalue weighted by Crippen LogP contribution is 2.26. The van der Waals surface area contributed by atoms with Crippen LogP contribution in [0.4, 0.5) is 13.2 Å². The molecule has 0 aliphatic heterocycles. The quantitative estimate of drug-likeness (QED) is 0.575. The van der Waals surface area contributed by atoms with Crippen LogP contribution in [0, 0.1) is 24.4 Å². The van der Waals surface area contributed by atoms with Gasteiger partial charge in [-0.2, -0.15) is 5.10 Å². The average molecular weight is 328 g/mol. The van der Waals surface area contributed by atoms with E-state index in [9.17, 15) is 13.2 Å². The molecule has 0 bridgehead atoms. The van der Waals surface area contributed by atoms with Crippen molar-refractivity contribution in [3.05, 3.63) is 59.4 Å². The Kier molecular flexibility index (Phi) is 3.16. The lowest BCUT2D eigenvalue weighted by Crippen LogP contribution is -1.85. The van der Waals surface area contributed by atoms with Gasteiger partial charge in [0, 0.05) is 11.6 Å². The highest BCUT2D eigenvalue weighted by atomic mass is 19.2. The van der Waals surface area contributed by atoms with Gasteiger partial charge in [0.2, 0.25) is 0 Å². The number of fused-ring (bicyclic) bond motifs is 1. The fraction of sp³-hybridized carbons (Fsp3) is 0.0588. The van der Waals surface area contributed by atoms with Crippen molar-refractivity contribution in [2.45, 2.75) is 6.92 Å². The Morgan fingerprint density at radius 3 is 2.54 bits per heavy atom. The van der Waals surface area contributed by atoms with Crippen molar-refractivity contribution < 1.29 is 13.2 Å². The first-order valence-electron chi connectivity index (χ1n) is 7.18. The molecule has 4 rings (SSSR count). The molecule has 120 valence electrons. The van der Waals surface area contributed by atoms with Crippen molar-refractivity contribution in [3.63, 3.8) is 0 Å².